The summed E-state index contributed by atoms with van der Waals surface area (Å²) in [7, 11) is 0. The predicted octanol–water partition coefficient (Wildman–Crippen LogP) is 4.08. The number of esters is 1. The Balaban J connectivity index is 1.71. The number of amides is 1. The molecule has 1 aromatic carbocycles. The minimum absolute atomic E-state index is 0.0356. The van der Waals surface area contributed by atoms with Crippen LogP contribution < -0.4 is 10.3 Å². The molecule has 0 aliphatic carbocycles. The summed E-state index contributed by atoms with van der Waals surface area (Å²) < 4.78 is 13.7. The molecule has 0 unspecified atom stereocenters. The van der Waals surface area contributed by atoms with Crippen LogP contribution in [0.2, 0.25) is 0 Å². The summed E-state index contributed by atoms with van der Waals surface area (Å²) >= 11 is 1.40. The number of hydrogen-bond donors (Lipinski definition) is 0. The van der Waals surface area contributed by atoms with Crippen LogP contribution in [0.1, 0.15) is 42.6 Å². The molecule has 1 aliphatic heterocycles. The van der Waals surface area contributed by atoms with Gasteiger partial charge in [-0.2, -0.15) is 0 Å². The maximum atomic E-state index is 13.6. The van der Waals surface area contributed by atoms with E-state index >= 15 is 0 Å². The van der Waals surface area contributed by atoms with Gasteiger partial charge < -0.3 is 18.9 Å². The van der Waals surface area contributed by atoms with E-state index in [0.717, 1.165) is 18.4 Å². The maximum absolute atomic E-state index is 13.6. The summed E-state index contributed by atoms with van der Waals surface area (Å²) in [6.07, 6.45) is 1.66. The second-order valence-electron chi connectivity index (χ2n) is 8.20. The Morgan fingerprint density at radius 1 is 1.12 bits per heavy atom. The van der Waals surface area contributed by atoms with Crippen molar-refractivity contribution in [2.75, 3.05) is 19.7 Å². The molecule has 7 nitrogen and oxygen atoms in total. The Bertz CT molecular complexity index is 1190. The maximum Gasteiger partial charge on any atom is 0.343 e. The number of likely N-dealkylation sites (tertiary alicyclic amines) is 1. The molecule has 0 spiro atoms. The molecular formula is C25H28N2O5S. The van der Waals surface area contributed by atoms with Crippen LogP contribution in [0.5, 0.6) is 5.75 Å². The molecule has 8 heteroatoms. The molecule has 0 radical (unpaired) electrons. The van der Waals surface area contributed by atoms with Crippen molar-refractivity contribution < 1.29 is 19.1 Å². The molecule has 0 bridgehead atoms. The van der Waals surface area contributed by atoms with Gasteiger partial charge in [-0.3, -0.25) is 9.59 Å². The molecule has 0 saturated carbocycles. The molecule has 4 rings (SSSR count). The first-order valence-corrected chi connectivity index (χ1v) is 12.1. The normalized spacial score (nSPS) is 14.4. The van der Waals surface area contributed by atoms with Crippen LogP contribution in [0.4, 0.5) is 0 Å². The van der Waals surface area contributed by atoms with Gasteiger partial charge in [-0.15, -0.1) is 11.3 Å². The van der Waals surface area contributed by atoms with Crippen LogP contribution >= 0.6 is 11.3 Å². The minimum atomic E-state index is -0.549. The number of rotatable bonds is 7. The Hall–Kier alpha value is -3.13. The number of piperidine rings is 1. The van der Waals surface area contributed by atoms with E-state index in [2.05, 4.69) is 0 Å². The highest BCUT2D eigenvalue weighted by atomic mass is 32.1. The average molecular weight is 469 g/mol. The summed E-state index contributed by atoms with van der Waals surface area (Å²) in [6, 6.07) is 11.4. The van der Waals surface area contributed by atoms with E-state index in [1.165, 1.54) is 11.3 Å². The summed E-state index contributed by atoms with van der Waals surface area (Å²) in [4.78, 5) is 40.0. The third-order valence-corrected chi connectivity index (χ3v) is 6.96. The van der Waals surface area contributed by atoms with E-state index in [0.29, 0.717) is 29.9 Å². The summed E-state index contributed by atoms with van der Waals surface area (Å²) in [5.74, 6) is -0.168. The molecule has 2 aromatic heterocycles. The monoisotopic (exact) mass is 468 g/mol. The van der Waals surface area contributed by atoms with E-state index in [4.69, 9.17) is 9.47 Å². The lowest BCUT2D eigenvalue weighted by Gasteiger charge is -2.31. The van der Waals surface area contributed by atoms with Gasteiger partial charge in [0, 0.05) is 26.6 Å². The highest BCUT2D eigenvalue weighted by molar-refractivity contribution is 7.17. The number of carbonyl (C=O) groups is 2. The van der Waals surface area contributed by atoms with Gasteiger partial charge in [-0.05, 0) is 42.7 Å². The zero-order valence-corrected chi connectivity index (χ0v) is 19.7. The first kappa shape index (κ1) is 23.0. The predicted molar refractivity (Wildman–Crippen MR) is 128 cm³/mol. The summed E-state index contributed by atoms with van der Waals surface area (Å²) in [5.41, 5.74) is 1.49. The second kappa shape index (κ2) is 10.2. The van der Waals surface area contributed by atoms with Gasteiger partial charge in [0.05, 0.1) is 16.8 Å². The van der Waals surface area contributed by atoms with Gasteiger partial charge in [0.25, 0.3) is 5.56 Å². The fraction of sp³-hybridized carbons (Fsp3) is 0.400. The zero-order chi connectivity index (χ0) is 23.4. The lowest BCUT2D eigenvalue weighted by molar-refractivity contribution is -0.130. The summed E-state index contributed by atoms with van der Waals surface area (Å²) in [6.45, 7) is 5.62. The third-order valence-electron chi connectivity index (χ3n) is 6.03. The van der Waals surface area contributed by atoms with Crippen LogP contribution in [0, 0.1) is 5.92 Å². The van der Waals surface area contributed by atoms with Gasteiger partial charge >= 0.3 is 5.97 Å². The molecule has 1 fully saturated rings. The number of aromatic nitrogens is 1. The standard InChI is InChI=1S/C25H28N2O5S/c1-3-31-25(30)21-22(32-16-19-7-5-4-6-8-19)24(29)27(20-11-14-33-23(20)21)15-18-9-12-26(13-10-18)17(2)28/h4-8,11,14,18H,3,9-10,12-13,15-16H2,1-2H3. The van der Waals surface area contributed by atoms with Crippen LogP contribution in [0.3, 0.4) is 0 Å². The largest absolute Gasteiger partial charge is 0.482 e. The van der Waals surface area contributed by atoms with E-state index in [1.807, 2.05) is 46.7 Å². The Kier molecular flexibility index (Phi) is 7.13. The number of pyridine rings is 1. The highest BCUT2D eigenvalue weighted by Crippen LogP contribution is 2.32. The topological polar surface area (TPSA) is 77.8 Å². The molecule has 1 saturated heterocycles. The Labute approximate surface area is 196 Å². The van der Waals surface area contributed by atoms with Crippen LogP contribution in [0.15, 0.2) is 46.6 Å². The van der Waals surface area contributed by atoms with Crippen molar-refractivity contribution in [3.63, 3.8) is 0 Å². The smallest absolute Gasteiger partial charge is 0.343 e. The van der Waals surface area contributed by atoms with Crippen LogP contribution in [-0.2, 0) is 22.7 Å². The van der Waals surface area contributed by atoms with Crippen molar-refractivity contribution in [1.82, 2.24) is 9.47 Å². The van der Waals surface area contributed by atoms with Crippen molar-refractivity contribution in [2.45, 2.75) is 39.8 Å². The van der Waals surface area contributed by atoms with Gasteiger partial charge in [0.2, 0.25) is 11.7 Å². The van der Waals surface area contributed by atoms with Gasteiger partial charge in [-0.1, -0.05) is 30.3 Å². The quantitative estimate of drug-likeness (QED) is 0.489. The fourth-order valence-electron chi connectivity index (χ4n) is 4.27. The van der Waals surface area contributed by atoms with Crippen LogP contribution in [-0.4, -0.2) is 41.0 Å². The van der Waals surface area contributed by atoms with Crippen LogP contribution in [0.25, 0.3) is 10.2 Å². The van der Waals surface area contributed by atoms with Crippen molar-refractivity contribution in [1.29, 1.82) is 0 Å². The number of thiophene rings is 1. The Morgan fingerprint density at radius 2 is 1.85 bits per heavy atom. The number of benzene rings is 1. The summed E-state index contributed by atoms with van der Waals surface area (Å²) in [5, 5.41) is 1.88. The second-order valence-corrected chi connectivity index (χ2v) is 9.12. The number of ether oxygens (including phenoxy) is 2. The molecular weight excluding hydrogens is 440 g/mol. The first-order valence-electron chi connectivity index (χ1n) is 11.2. The first-order chi connectivity index (χ1) is 16.0. The van der Waals surface area contributed by atoms with E-state index in [-0.39, 0.29) is 41.9 Å². The van der Waals surface area contributed by atoms with Crippen molar-refractivity contribution in [2.24, 2.45) is 5.92 Å². The van der Waals surface area contributed by atoms with E-state index in [9.17, 15) is 14.4 Å². The van der Waals surface area contributed by atoms with Gasteiger partial charge in [0.1, 0.15) is 12.2 Å². The Morgan fingerprint density at radius 3 is 2.52 bits per heavy atom. The number of nitrogens with zero attached hydrogens (tertiary/aromatic N) is 2. The molecule has 0 atom stereocenters. The lowest BCUT2D eigenvalue weighted by atomic mass is 9.96. The number of carbonyl (C=O) groups excluding carboxylic acids is 2. The van der Waals surface area contributed by atoms with Gasteiger partial charge in [0.15, 0.2) is 0 Å². The molecule has 3 aromatic rings. The number of fused-ring (bicyclic) bond motifs is 1. The molecule has 174 valence electrons. The SMILES string of the molecule is CCOC(=O)c1c(OCc2ccccc2)c(=O)n(CC2CCN(C(C)=O)CC2)c2ccsc12. The molecule has 1 amide bonds. The fourth-order valence-corrected chi connectivity index (χ4v) is 5.19. The minimum Gasteiger partial charge on any atom is -0.482 e. The van der Waals surface area contributed by atoms with E-state index in [1.54, 1.807) is 18.4 Å². The third kappa shape index (κ3) is 4.95. The molecule has 1 aliphatic rings. The molecule has 33 heavy (non-hydrogen) atoms. The molecule has 3 heterocycles. The lowest BCUT2D eigenvalue weighted by Crippen LogP contribution is -2.39. The zero-order valence-electron chi connectivity index (χ0n) is 18.9. The van der Waals surface area contributed by atoms with Gasteiger partial charge in [-0.25, -0.2) is 4.79 Å². The highest BCUT2D eigenvalue weighted by Gasteiger charge is 2.28. The average Bonchev–Trinajstić information content (AvgIpc) is 3.30. The molecule has 0 N–H and O–H groups in total. The van der Waals surface area contributed by atoms with E-state index < -0.39 is 5.97 Å². The van der Waals surface area contributed by atoms with Crippen molar-refractivity contribution in [3.8, 4) is 5.75 Å². The van der Waals surface area contributed by atoms with Crippen molar-refractivity contribution in [3.05, 3.63) is 63.3 Å². The number of hydrogen-bond acceptors (Lipinski definition) is 6. The van der Waals surface area contributed by atoms with Crippen molar-refractivity contribution >= 4 is 33.4 Å².